The molecule has 0 fully saturated rings. The van der Waals surface area contributed by atoms with Crippen LogP contribution < -0.4 is 11.1 Å². The van der Waals surface area contributed by atoms with Crippen molar-refractivity contribution in [2.75, 3.05) is 13.2 Å². The fraction of sp³-hybridized carbons (Fsp3) is 0.360. The van der Waals surface area contributed by atoms with E-state index < -0.39 is 6.09 Å². The summed E-state index contributed by atoms with van der Waals surface area (Å²) < 4.78 is 10.7. The minimum atomic E-state index is -0.432. The van der Waals surface area contributed by atoms with Crippen LogP contribution in [-0.2, 0) is 29.2 Å². The van der Waals surface area contributed by atoms with Gasteiger partial charge in [-0.25, -0.2) is 9.59 Å². The van der Waals surface area contributed by atoms with E-state index >= 15 is 0 Å². The van der Waals surface area contributed by atoms with Crippen molar-refractivity contribution in [1.29, 1.82) is 0 Å². The van der Waals surface area contributed by atoms with E-state index in [9.17, 15) is 9.59 Å². The van der Waals surface area contributed by atoms with Crippen LogP contribution in [0.3, 0.4) is 0 Å². The molecule has 0 aliphatic heterocycles. The Morgan fingerprint density at radius 1 is 0.912 bits per heavy atom. The zero-order chi connectivity index (χ0) is 24.0. The van der Waals surface area contributed by atoms with E-state index in [0.717, 1.165) is 28.2 Å². The molecule has 7 nitrogen and oxygen atoms in total. The standard InChI is InChI=1S/C25H31N3O4S2/c26-21(10-4-5-13-27-24(29)31-18-20-8-2-1-3-9-20)19-32-25(30)28(16-22-11-6-14-33-22)17-23-12-7-15-34-23/h1-3,6-9,11-12,14-15,21H,4-5,10,13,16-19,26H2,(H,27,29)/t21-/m1/s1. The lowest BCUT2D eigenvalue weighted by Gasteiger charge is -2.22. The number of hydrogen-bond donors (Lipinski definition) is 2. The number of amides is 2. The molecule has 3 N–H and O–H groups in total. The second kappa shape index (κ2) is 14.4. The molecule has 3 aromatic rings. The Balaban J connectivity index is 1.29. The van der Waals surface area contributed by atoms with Crippen LogP contribution in [0.4, 0.5) is 9.59 Å². The summed E-state index contributed by atoms with van der Waals surface area (Å²) >= 11 is 3.23. The molecule has 0 saturated heterocycles. The summed E-state index contributed by atoms with van der Waals surface area (Å²) in [6, 6.07) is 17.3. The van der Waals surface area contributed by atoms with Gasteiger partial charge < -0.3 is 20.5 Å². The molecule has 2 amide bonds. The number of nitrogens with zero attached hydrogens (tertiary/aromatic N) is 1. The van der Waals surface area contributed by atoms with Gasteiger partial charge in [-0.15, -0.1) is 22.7 Å². The topological polar surface area (TPSA) is 93.9 Å². The highest BCUT2D eigenvalue weighted by Gasteiger charge is 2.18. The zero-order valence-electron chi connectivity index (χ0n) is 19.1. The lowest BCUT2D eigenvalue weighted by atomic mass is 10.1. The third-order valence-corrected chi connectivity index (χ3v) is 6.74. The second-order valence-electron chi connectivity index (χ2n) is 7.84. The number of nitrogens with two attached hydrogens (primary N) is 1. The maximum Gasteiger partial charge on any atom is 0.410 e. The molecule has 3 rings (SSSR count). The molecule has 0 saturated carbocycles. The summed E-state index contributed by atoms with van der Waals surface area (Å²) in [5.41, 5.74) is 7.09. The van der Waals surface area contributed by atoms with Gasteiger partial charge >= 0.3 is 12.2 Å². The number of rotatable bonds is 13. The van der Waals surface area contributed by atoms with Crippen molar-refractivity contribution < 1.29 is 19.1 Å². The van der Waals surface area contributed by atoms with Crippen LogP contribution in [-0.4, -0.2) is 36.3 Å². The minimum absolute atomic E-state index is 0.163. The summed E-state index contributed by atoms with van der Waals surface area (Å²) in [6.07, 6.45) is 1.49. The maximum atomic E-state index is 12.7. The molecule has 0 spiro atoms. The number of hydrogen-bond acceptors (Lipinski definition) is 7. The van der Waals surface area contributed by atoms with Gasteiger partial charge in [0.05, 0.1) is 13.1 Å². The maximum absolute atomic E-state index is 12.7. The van der Waals surface area contributed by atoms with Gasteiger partial charge in [0, 0.05) is 22.3 Å². The molecule has 34 heavy (non-hydrogen) atoms. The zero-order valence-corrected chi connectivity index (χ0v) is 20.7. The van der Waals surface area contributed by atoms with Crippen LogP contribution in [0.1, 0.15) is 34.6 Å². The molecule has 2 aromatic heterocycles. The van der Waals surface area contributed by atoms with Crippen molar-refractivity contribution in [3.8, 4) is 0 Å². The number of carbonyl (C=O) groups excluding carboxylic acids is 2. The average molecular weight is 502 g/mol. The minimum Gasteiger partial charge on any atom is -0.448 e. The van der Waals surface area contributed by atoms with E-state index in [0.29, 0.717) is 26.1 Å². The molecule has 0 radical (unpaired) electrons. The SMILES string of the molecule is N[C@H](CCCCNC(=O)OCc1ccccc1)COC(=O)N(Cc1cccs1)Cc1cccs1. The normalized spacial score (nSPS) is 11.6. The van der Waals surface area contributed by atoms with Gasteiger partial charge in [0.15, 0.2) is 0 Å². The first-order valence-electron chi connectivity index (χ1n) is 11.3. The number of thiophene rings is 2. The van der Waals surface area contributed by atoms with E-state index in [4.69, 9.17) is 15.2 Å². The summed E-state index contributed by atoms with van der Waals surface area (Å²) in [7, 11) is 0. The molecular weight excluding hydrogens is 470 g/mol. The van der Waals surface area contributed by atoms with Crippen molar-refractivity contribution in [2.24, 2.45) is 5.73 Å². The molecule has 182 valence electrons. The highest BCUT2D eigenvalue weighted by molar-refractivity contribution is 7.10. The van der Waals surface area contributed by atoms with Crippen LogP contribution in [0.25, 0.3) is 0 Å². The molecule has 0 aliphatic rings. The van der Waals surface area contributed by atoms with Gasteiger partial charge in [-0.1, -0.05) is 48.9 Å². The van der Waals surface area contributed by atoms with Gasteiger partial charge in [0.25, 0.3) is 0 Å². The summed E-state index contributed by atoms with van der Waals surface area (Å²) in [5, 5.41) is 6.74. The van der Waals surface area contributed by atoms with Crippen molar-refractivity contribution >= 4 is 34.9 Å². The lowest BCUT2D eigenvalue weighted by molar-refractivity contribution is 0.0913. The monoisotopic (exact) mass is 501 g/mol. The van der Waals surface area contributed by atoms with Crippen molar-refractivity contribution in [2.45, 2.75) is 45.0 Å². The predicted molar refractivity (Wildman–Crippen MR) is 136 cm³/mol. The first kappa shape index (κ1) is 25.7. The van der Waals surface area contributed by atoms with E-state index in [1.165, 1.54) is 0 Å². The van der Waals surface area contributed by atoms with E-state index in [2.05, 4.69) is 5.32 Å². The Morgan fingerprint density at radius 2 is 1.59 bits per heavy atom. The largest absolute Gasteiger partial charge is 0.448 e. The van der Waals surface area contributed by atoms with E-state index in [-0.39, 0.29) is 25.3 Å². The van der Waals surface area contributed by atoms with Crippen LogP contribution in [0, 0.1) is 0 Å². The first-order valence-corrected chi connectivity index (χ1v) is 13.0. The van der Waals surface area contributed by atoms with Crippen LogP contribution in [0.15, 0.2) is 65.4 Å². The second-order valence-corrected chi connectivity index (χ2v) is 9.90. The molecule has 9 heteroatoms. The predicted octanol–water partition coefficient (Wildman–Crippen LogP) is 5.37. The van der Waals surface area contributed by atoms with Gasteiger partial charge in [-0.2, -0.15) is 0 Å². The number of unbranched alkanes of at least 4 members (excludes halogenated alkanes) is 1. The van der Waals surface area contributed by atoms with Gasteiger partial charge in [0.2, 0.25) is 0 Å². The smallest absolute Gasteiger partial charge is 0.410 e. The number of ether oxygens (including phenoxy) is 2. The molecular formula is C25H31N3O4S2. The molecule has 2 heterocycles. The molecule has 0 bridgehead atoms. The first-order chi connectivity index (χ1) is 16.6. The molecule has 0 unspecified atom stereocenters. The van der Waals surface area contributed by atoms with Crippen molar-refractivity contribution in [3.63, 3.8) is 0 Å². The van der Waals surface area contributed by atoms with Gasteiger partial charge in [-0.3, -0.25) is 4.90 Å². The van der Waals surface area contributed by atoms with E-state index in [1.54, 1.807) is 27.6 Å². The third-order valence-electron chi connectivity index (χ3n) is 5.02. The fourth-order valence-electron chi connectivity index (χ4n) is 3.22. The Kier molecular flexibility index (Phi) is 10.9. The highest BCUT2D eigenvalue weighted by atomic mass is 32.1. The number of nitrogens with one attached hydrogen (secondary N) is 1. The van der Waals surface area contributed by atoms with Crippen LogP contribution in [0.5, 0.6) is 0 Å². The van der Waals surface area contributed by atoms with Gasteiger partial charge in [0.1, 0.15) is 13.2 Å². The average Bonchev–Trinajstić information content (AvgIpc) is 3.56. The number of carbonyl (C=O) groups is 2. The van der Waals surface area contributed by atoms with Crippen molar-refractivity contribution in [3.05, 3.63) is 80.7 Å². The van der Waals surface area contributed by atoms with E-state index in [1.807, 2.05) is 65.4 Å². The lowest BCUT2D eigenvalue weighted by Crippen LogP contribution is -2.34. The Hall–Kier alpha value is -2.88. The summed E-state index contributed by atoms with van der Waals surface area (Å²) in [4.78, 5) is 28.4. The van der Waals surface area contributed by atoms with Crippen LogP contribution >= 0.6 is 22.7 Å². The number of alkyl carbamates (subject to hydrolysis) is 1. The van der Waals surface area contributed by atoms with Crippen molar-refractivity contribution in [1.82, 2.24) is 10.2 Å². The fourth-order valence-corrected chi connectivity index (χ4v) is 4.65. The number of benzene rings is 1. The summed E-state index contributed by atoms with van der Waals surface area (Å²) in [6.45, 7) is 1.94. The Labute approximate surface area is 208 Å². The molecule has 1 aromatic carbocycles. The molecule has 1 atom stereocenters. The third kappa shape index (κ3) is 9.54. The quantitative estimate of drug-likeness (QED) is 0.307. The van der Waals surface area contributed by atoms with Gasteiger partial charge in [-0.05, 0) is 41.3 Å². The molecule has 0 aliphatic carbocycles. The highest BCUT2D eigenvalue weighted by Crippen LogP contribution is 2.18. The summed E-state index contributed by atoms with van der Waals surface area (Å²) in [5.74, 6) is 0. The Bertz CT molecular complexity index is 929. The van der Waals surface area contributed by atoms with Crippen LogP contribution in [0.2, 0.25) is 0 Å². The Morgan fingerprint density at radius 3 is 2.21 bits per heavy atom.